The summed E-state index contributed by atoms with van der Waals surface area (Å²) in [6.45, 7) is 4.21. The van der Waals surface area contributed by atoms with Gasteiger partial charge in [0, 0.05) is 23.7 Å². The Bertz CT molecular complexity index is 731. The minimum Gasteiger partial charge on any atom is -0.350 e. The number of hydrogen-bond acceptors (Lipinski definition) is 6. The Hall–Kier alpha value is -2.52. The number of nitrogens with zero attached hydrogens (tertiary/aromatic N) is 4. The lowest BCUT2D eigenvalue weighted by Crippen LogP contribution is -2.49. The van der Waals surface area contributed by atoms with Crippen molar-refractivity contribution in [3.8, 4) is 5.69 Å². The molecule has 0 saturated heterocycles. The molecule has 0 saturated carbocycles. The fourth-order valence-electron chi connectivity index (χ4n) is 2.20. The van der Waals surface area contributed by atoms with Crippen molar-refractivity contribution in [3.63, 3.8) is 0 Å². The van der Waals surface area contributed by atoms with Crippen LogP contribution in [0.15, 0.2) is 30.9 Å². The standard InChI is InChI=1S/C15H20N6O3.ClH/c1-3-15(16,4-2)8-18-14(22)11-5-6-12(13(7-11)21(23)24)20-10-17-9-19-20;/h5-7,9-10H,3-4,8,16H2,1-2H3,(H,18,22);1H. The first-order chi connectivity index (χ1) is 11.4. The molecule has 0 bridgehead atoms. The Labute approximate surface area is 151 Å². The highest BCUT2D eigenvalue weighted by Crippen LogP contribution is 2.23. The molecule has 10 heteroatoms. The van der Waals surface area contributed by atoms with Crippen LogP contribution in [0.5, 0.6) is 0 Å². The van der Waals surface area contributed by atoms with Gasteiger partial charge in [0.15, 0.2) is 0 Å². The third-order valence-corrected chi connectivity index (χ3v) is 4.11. The van der Waals surface area contributed by atoms with Crippen LogP contribution in [0.1, 0.15) is 37.0 Å². The zero-order valence-electron chi connectivity index (χ0n) is 14.0. The number of nitrogens with one attached hydrogen (secondary N) is 1. The summed E-state index contributed by atoms with van der Waals surface area (Å²) in [5, 5.41) is 17.9. The van der Waals surface area contributed by atoms with Gasteiger partial charge in [0.25, 0.3) is 11.6 Å². The van der Waals surface area contributed by atoms with Crippen molar-refractivity contribution >= 4 is 24.0 Å². The molecule has 1 heterocycles. The Kier molecular flexibility index (Phi) is 7.01. The van der Waals surface area contributed by atoms with E-state index in [0.717, 1.165) is 12.8 Å². The summed E-state index contributed by atoms with van der Waals surface area (Å²) in [7, 11) is 0. The van der Waals surface area contributed by atoms with Crippen molar-refractivity contribution < 1.29 is 9.72 Å². The fourth-order valence-corrected chi connectivity index (χ4v) is 2.20. The number of aromatic nitrogens is 3. The molecule has 3 N–H and O–H groups in total. The molecule has 2 aromatic rings. The predicted molar refractivity (Wildman–Crippen MR) is 95.1 cm³/mol. The van der Waals surface area contributed by atoms with Gasteiger partial charge in [-0.15, -0.1) is 12.4 Å². The molecule has 0 fully saturated rings. The van der Waals surface area contributed by atoms with E-state index >= 15 is 0 Å². The van der Waals surface area contributed by atoms with Crippen molar-refractivity contribution in [1.82, 2.24) is 20.1 Å². The van der Waals surface area contributed by atoms with Gasteiger partial charge in [0.2, 0.25) is 0 Å². The van der Waals surface area contributed by atoms with E-state index in [1.165, 1.54) is 35.5 Å². The van der Waals surface area contributed by atoms with Crippen molar-refractivity contribution in [1.29, 1.82) is 0 Å². The smallest absolute Gasteiger partial charge is 0.295 e. The van der Waals surface area contributed by atoms with E-state index < -0.39 is 16.4 Å². The summed E-state index contributed by atoms with van der Waals surface area (Å²) < 4.78 is 1.28. The number of halogens is 1. The minimum atomic E-state index is -0.556. The van der Waals surface area contributed by atoms with E-state index in [4.69, 9.17) is 5.73 Å². The molecule has 9 nitrogen and oxygen atoms in total. The maximum Gasteiger partial charge on any atom is 0.295 e. The molecular weight excluding hydrogens is 348 g/mol. The van der Waals surface area contributed by atoms with Crippen LogP contribution in [0.3, 0.4) is 0 Å². The maximum atomic E-state index is 12.3. The summed E-state index contributed by atoms with van der Waals surface area (Å²) in [6.07, 6.45) is 4.07. The van der Waals surface area contributed by atoms with Crippen LogP contribution in [0.2, 0.25) is 0 Å². The molecule has 2 rings (SSSR count). The second-order valence-electron chi connectivity index (χ2n) is 5.55. The van der Waals surface area contributed by atoms with Gasteiger partial charge in [-0.1, -0.05) is 13.8 Å². The summed E-state index contributed by atoms with van der Waals surface area (Å²) in [4.78, 5) is 26.8. The van der Waals surface area contributed by atoms with Gasteiger partial charge in [-0.05, 0) is 25.0 Å². The summed E-state index contributed by atoms with van der Waals surface area (Å²) >= 11 is 0. The van der Waals surface area contributed by atoms with Gasteiger partial charge in [-0.2, -0.15) is 5.10 Å². The van der Waals surface area contributed by atoms with Crippen molar-refractivity contribution in [2.45, 2.75) is 32.2 Å². The van der Waals surface area contributed by atoms with Crippen LogP contribution in [0, 0.1) is 10.1 Å². The highest BCUT2D eigenvalue weighted by atomic mass is 35.5. The topological polar surface area (TPSA) is 129 Å². The lowest BCUT2D eigenvalue weighted by Gasteiger charge is -2.26. The molecule has 0 aliphatic carbocycles. The van der Waals surface area contributed by atoms with Crippen molar-refractivity contribution in [2.24, 2.45) is 5.73 Å². The minimum absolute atomic E-state index is 0. The number of benzene rings is 1. The molecule has 1 amide bonds. The first kappa shape index (κ1) is 20.5. The largest absolute Gasteiger partial charge is 0.350 e. The number of nitro groups is 1. The highest BCUT2D eigenvalue weighted by molar-refractivity contribution is 5.95. The molecule has 1 aromatic heterocycles. The van der Waals surface area contributed by atoms with Gasteiger partial charge in [-0.25, -0.2) is 9.67 Å². The molecular formula is C15H21ClN6O3. The van der Waals surface area contributed by atoms with Gasteiger partial charge >= 0.3 is 0 Å². The summed E-state index contributed by atoms with van der Waals surface area (Å²) in [5.41, 5.74) is 5.87. The number of carbonyl (C=O) groups is 1. The summed E-state index contributed by atoms with van der Waals surface area (Å²) in [6, 6.07) is 4.20. The monoisotopic (exact) mass is 368 g/mol. The molecule has 1 aromatic carbocycles. The van der Waals surface area contributed by atoms with Crippen LogP contribution >= 0.6 is 12.4 Å². The number of rotatable bonds is 7. The van der Waals surface area contributed by atoms with Crippen LogP contribution in [-0.4, -0.2) is 37.7 Å². The highest BCUT2D eigenvalue weighted by Gasteiger charge is 2.23. The lowest BCUT2D eigenvalue weighted by atomic mass is 9.94. The average molecular weight is 369 g/mol. The summed E-state index contributed by atoms with van der Waals surface area (Å²) in [5.74, 6) is -0.403. The molecule has 0 atom stereocenters. The molecule has 0 radical (unpaired) electrons. The Morgan fingerprint density at radius 1 is 1.40 bits per heavy atom. The molecule has 136 valence electrons. The second kappa shape index (κ2) is 8.54. The molecule has 25 heavy (non-hydrogen) atoms. The third kappa shape index (κ3) is 4.74. The van der Waals surface area contributed by atoms with Gasteiger partial charge in [0.05, 0.1) is 4.92 Å². The zero-order valence-corrected chi connectivity index (χ0v) is 14.8. The molecule has 0 spiro atoms. The quantitative estimate of drug-likeness (QED) is 0.566. The Balaban J connectivity index is 0.00000312. The first-order valence-corrected chi connectivity index (χ1v) is 7.60. The molecule has 0 unspecified atom stereocenters. The van der Waals surface area contributed by atoms with Gasteiger partial charge < -0.3 is 11.1 Å². The van der Waals surface area contributed by atoms with Crippen molar-refractivity contribution in [2.75, 3.05) is 6.54 Å². The second-order valence-corrected chi connectivity index (χ2v) is 5.55. The van der Waals surface area contributed by atoms with Crippen LogP contribution in [0.25, 0.3) is 5.69 Å². The van der Waals surface area contributed by atoms with E-state index in [2.05, 4.69) is 15.4 Å². The van der Waals surface area contributed by atoms with Crippen LogP contribution in [0.4, 0.5) is 5.69 Å². The predicted octanol–water partition coefficient (Wildman–Crippen LogP) is 1.84. The van der Waals surface area contributed by atoms with Crippen LogP contribution in [-0.2, 0) is 0 Å². The number of nitrogens with two attached hydrogens (primary N) is 1. The van der Waals surface area contributed by atoms with E-state index in [1.54, 1.807) is 0 Å². The van der Waals surface area contributed by atoms with E-state index in [-0.39, 0.29) is 29.3 Å². The van der Waals surface area contributed by atoms with E-state index in [9.17, 15) is 14.9 Å². The molecule has 0 aliphatic rings. The number of amides is 1. The van der Waals surface area contributed by atoms with Crippen LogP contribution < -0.4 is 11.1 Å². The SMILES string of the molecule is CCC(N)(CC)CNC(=O)c1ccc(-n2cncn2)c([N+](=O)[O-])c1.Cl. The van der Waals surface area contributed by atoms with E-state index in [0.29, 0.717) is 6.54 Å². The van der Waals surface area contributed by atoms with E-state index in [1.807, 2.05) is 13.8 Å². The Morgan fingerprint density at radius 3 is 2.60 bits per heavy atom. The average Bonchev–Trinajstić information content (AvgIpc) is 3.13. The van der Waals surface area contributed by atoms with Gasteiger partial charge in [0.1, 0.15) is 18.3 Å². The maximum absolute atomic E-state index is 12.3. The van der Waals surface area contributed by atoms with Gasteiger partial charge in [-0.3, -0.25) is 14.9 Å². The lowest BCUT2D eigenvalue weighted by molar-refractivity contribution is -0.384. The number of carbonyl (C=O) groups excluding carboxylic acids is 1. The normalized spacial score (nSPS) is 10.8. The Morgan fingerprint density at radius 2 is 2.08 bits per heavy atom. The third-order valence-electron chi connectivity index (χ3n) is 4.11. The first-order valence-electron chi connectivity index (χ1n) is 7.60. The fraction of sp³-hybridized carbons (Fsp3) is 0.400. The number of nitro benzene ring substituents is 1. The number of hydrogen-bond donors (Lipinski definition) is 2. The van der Waals surface area contributed by atoms with Crippen molar-refractivity contribution in [3.05, 3.63) is 46.5 Å². The molecule has 0 aliphatic heterocycles. The zero-order chi connectivity index (χ0) is 17.7.